The van der Waals surface area contributed by atoms with Gasteiger partial charge in [0.25, 0.3) is 0 Å². The molecule has 0 unspecified atom stereocenters. The Morgan fingerprint density at radius 2 is 1.56 bits per heavy atom. The van der Waals surface area contributed by atoms with Crippen LogP contribution in [0.25, 0.3) is 0 Å². The average Bonchev–Trinajstić information content (AvgIpc) is 2.30. The van der Waals surface area contributed by atoms with E-state index in [2.05, 4.69) is 15.9 Å². The molecule has 0 aromatic heterocycles. The number of nitrogen functional groups attached to an aromatic ring is 2. The summed E-state index contributed by atoms with van der Waals surface area (Å²) in [5.74, 6) is 0. The molecule has 0 saturated carbocycles. The molecule has 0 heterocycles. The molecule has 4 N–H and O–H groups in total. The highest BCUT2D eigenvalue weighted by atomic mass is 79.9. The van der Waals surface area contributed by atoms with Crippen LogP contribution in [0, 0.1) is 6.92 Å². The number of rotatable bonds is 0. The van der Waals surface area contributed by atoms with Crippen molar-refractivity contribution in [3.05, 3.63) is 56.5 Å². The van der Waals surface area contributed by atoms with Crippen LogP contribution in [-0.2, 0) is 0 Å². The minimum Gasteiger partial charge on any atom is -0.398 e. The topological polar surface area (TPSA) is 52.0 Å². The van der Waals surface area contributed by atoms with Crippen LogP contribution in [0.15, 0.2) is 40.9 Å². The molecule has 2 aromatic rings. The van der Waals surface area contributed by atoms with E-state index >= 15 is 0 Å². The fraction of sp³-hybridized carbons (Fsp3) is 0.0769. The molecule has 0 fully saturated rings. The van der Waals surface area contributed by atoms with E-state index in [9.17, 15) is 0 Å². The first-order chi connectivity index (χ1) is 8.40. The molecule has 0 saturated heterocycles. The normalized spacial score (nSPS) is 9.56. The molecular weight excluding hydrogens is 335 g/mol. The molecule has 2 nitrogen and oxygen atoms in total. The molecule has 96 valence electrons. The lowest BCUT2D eigenvalue weighted by molar-refractivity contribution is 1.47. The quantitative estimate of drug-likeness (QED) is 0.665. The Morgan fingerprint density at radius 1 is 0.889 bits per heavy atom. The fourth-order valence-electron chi connectivity index (χ4n) is 1.16. The minimum atomic E-state index is 0.587. The Hall–Kier alpha value is -0.900. The molecule has 0 spiro atoms. The number of nitrogens with two attached hydrogens (primary N) is 2. The summed E-state index contributed by atoms with van der Waals surface area (Å²) in [6, 6.07) is 10.9. The number of benzene rings is 2. The van der Waals surface area contributed by atoms with Crippen LogP contribution < -0.4 is 11.5 Å². The molecule has 2 rings (SSSR count). The van der Waals surface area contributed by atoms with Crippen molar-refractivity contribution in [2.45, 2.75) is 6.92 Å². The average molecular weight is 348 g/mol. The van der Waals surface area contributed by atoms with E-state index in [0.717, 1.165) is 10.0 Å². The van der Waals surface area contributed by atoms with Gasteiger partial charge in [-0.15, -0.1) is 0 Å². The fourth-order valence-corrected chi connectivity index (χ4v) is 1.96. The monoisotopic (exact) mass is 346 g/mol. The van der Waals surface area contributed by atoms with Crippen molar-refractivity contribution in [2.75, 3.05) is 11.5 Å². The third-order valence-electron chi connectivity index (χ3n) is 2.11. The summed E-state index contributed by atoms with van der Waals surface area (Å²) >= 11 is 14.6. The second kappa shape index (κ2) is 6.88. The maximum absolute atomic E-state index is 5.66. The van der Waals surface area contributed by atoms with Gasteiger partial charge in [0.2, 0.25) is 0 Å². The molecule has 0 atom stereocenters. The minimum absolute atomic E-state index is 0.587. The van der Waals surface area contributed by atoms with Gasteiger partial charge in [0.15, 0.2) is 0 Å². The van der Waals surface area contributed by atoms with Gasteiger partial charge < -0.3 is 11.5 Å². The lowest BCUT2D eigenvalue weighted by atomic mass is 10.2. The van der Waals surface area contributed by atoms with Crippen molar-refractivity contribution in [3.8, 4) is 0 Å². The Bertz CT molecular complexity index is 495. The summed E-state index contributed by atoms with van der Waals surface area (Å²) in [5, 5.41) is 1.21. The molecule has 0 aliphatic rings. The van der Waals surface area contributed by atoms with Gasteiger partial charge in [-0.1, -0.05) is 45.2 Å². The predicted molar refractivity (Wildman–Crippen MR) is 84.2 cm³/mol. The third kappa shape index (κ3) is 4.77. The van der Waals surface area contributed by atoms with Crippen molar-refractivity contribution in [3.63, 3.8) is 0 Å². The van der Waals surface area contributed by atoms with Crippen molar-refractivity contribution in [2.24, 2.45) is 0 Å². The van der Waals surface area contributed by atoms with Crippen molar-refractivity contribution in [1.82, 2.24) is 0 Å². The summed E-state index contributed by atoms with van der Waals surface area (Å²) in [4.78, 5) is 0. The number of anilines is 2. The standard InChI is InChI=1S/C7H8ClN.C6H5BrClN/c1-5-2-3-6(8)7(9)4-5;7-4-1-2-6(9)5(8)3-4/h2-4H,9H2,1H3;1-3H,9H2. The van der Waals surface area contributed by atoms with E-state index < -0.39 is 0 Å². The maximum atomic E-state index is 5.66. The number of hydrogen-bond donors (Lipinski definition) is 2. The van der Waals surface area contributed by atoms with E-state index in [-0.39, 0.29) is 0 Å². The largest absolute Gasteiger partial charge is 0.398 e. The van der Waals surface area contributed by atoms with Crippen molar-refractivity contribution < 1.29 is 0 Å². The molecular formula is C13H13BrCl2N2. The summed E-state index contributed by atoms with van der Waals surface area (Å²) < 4.78 is 0.946. The molecule has 0 aliphatic heterocycles. The molecule has 5 heteroatoms. The van der Waals surface area contributed by atoms with E-state index in [4.69, 9.17) is 34.7 Å². The van der Waals surface area contributed by atoms with Gasteiger partial charge in [-0.3, -0.25) is 0 Å². The highest BCUT2D eigenvalue weighted by molar-refractivity contribution is 9.10. The summed E-state index contributed by atoms with van der Waals surface area (Å²) in [7, 11) is 0. The zero-order valence-electron chi connectivity index (χ0n) is 9.75. The van der Waals surface area contributed by atoms with E-state index in [0.29, 0.717) is 21.4 Å². The van der Waals surface area contributed by atoms with E-state index in [1.807, 2.05) is 25.1 Å². The molecule has 18 heavy (non-hydrogen) atoms. The SMILES string of the molecule is Cc1ccc(Cl)c(N)c1.Nc1ccc(Br)cc1Cl. The maximum Gasteiger partial charge on any atom is 0.0646 e. The zero-order chi connectivity index (χ0) is 13.7. The van der Waals surface area contributed by atoms with Crippen LogP contribution in [0.3, 0.4) is 0 Å². The first kappa shape index (κ1) is 15.2. The highest BCUT2D eigenvalue weighted by Gasteiger charge is 1.93. The first-order valence-corrected chi connectivity index (χ1v) is 6.67. The van der Waals surface area contributed by atoms with Gasteiger partial charge in [-0.25, -0.2) is 0 Å². The Kier molecular flexibility index (Phi) is 5.79. The summed E-state index contributed by atoms with van der Waals surface area (Å²) in [6.07, 6.45) is 0. The first-order valence-electron chi connectivity index (χ1n) is 5.12. The van der Waals surface area contributed by atoms with Crippen LogP contribution in [0.5, 0.6) is 0 Å². The van der Waals surface area contributed by atoms with Gasteiger partial charge in [0.1, 0.15) is 0 Å². The van der Waals surface area contributed by atoms with Crippen LogP contribution in [0.4, 0.5) is 11.4 Å². The Labute approximate surface area is 125 Å². The molecule has 0 aliphatic carbocycles. The van der Waals surface area contributed by atoms with E-state index in [1.54, 1.807) is 18.2 Å². The Morgan fingerprint density at radius 3 is 2.00 bits per heavy atom. The van der Waals surface area contributed by atoms with Gasteiger partial charge in [0.05, 0.1) is 21.4 Å². The second-order valence-corrected chi connectivity index (χ2v) is 5.42. The summed E-state index contributed by atoms with van der Waals surface area (Å²) in [6.45, 7) is 1.98. The van der Waals surface area contributed by atoms with Crippen LogP contribution in [0.1, 0.15) is 5.56 Å². The van der Waals surface area contributed by atoms with E-state index in [1.165, 1.54) is 0 Å². The zero-order valence-corrected chi connectivity index (χ0v) is 12.9. The lowest BCUT2D eigenvalue weighted by Crippen LogP contribution is -1.85. The van der Waals surface area contributed by atoms with Gasteiger partial charge in [0, 0.05) is 4.47 Å². The van der Waals surface area contributed by atoms with Crippen LogP contribution in [0.2, 0.25) is 10.0 Å². The smallest absolute Gasteiger partial charge is 0.0646 e. The van der Waals surface area contributed by atoms with Crippen molar-refractivity contribution in [1.29, 1.82) is 0 Å². The predicted octanol–water partition coefficient (Wildman–Crippen LogP) is 4.92. The third-order valence-corrected chi connectivity index (χ3v) is 3.28. The summed E-state index contributed by atoms with van der Waals surface area (Å²) in [5.41, 5.74) is 13.3. The van der Waals surface area contributed by atoms with Crippen LogP contribution >= 0.6 is 39.1 Å². The second-order valence-electron chi connectivity index (χ2n) is 3.69. The number of halogens is 3. The lowest BCUT2D eigenvalue weighted by Gasteiger charge is -1.96. The van der Waals surface area contributed by atoms with Crippen LogP contribution in [-0.4, -0.2) is 0 Å². The van der Waals surface area contributed by atoms with Crippen molar-refractivity contribution >= 4 is 50.5 Å². The Balaban J connectivity index is 0.000000180. The number of aryl methyl sites for hydroxylation is 1. The van der Waals surface area contributed by atoms with Gasteiger partial charge >= 0.3 is 0 Å². The van der Waals surface area contributed by atoms with Gasteiger partial charge in [-0.05, 0) is 42.8 Å². The molecule has 0 bridgehead atoms. The highest BCUT2D eigenvalue weighted by Crippen LogP contribution is 2.22. The number of hydrogen-bond acceptors (Lipinski definition) is 2. The molecule has 0 radical (unpaired) electrons. The molecule has 2 aromatic carbocycles. The van der Waals surface area contributed by atoms with Gasteiger partial charge in [-0.2, -0.15) is 0 Å². The molecule has 0 amide bonds.